The van der Waals surface area contributed by atoms with Gasteiger partial charge >= 0.3 is 7.60 Å². The van der Waals surface area contributed by atoms with Gasteiger partial charge < -0.3 is 23.5 Å². The van der Waals surface area contributed by atoms with Gasteiger partial charge in [-0.1, -0.05) is 54.6 Å². The Morgan fingerprint density at radius 1 is 0.909 bits per heavy atom. The molecule has 1 fully saturated rings. The van der Waals surface area contributed by atoms with E-state index < -0.39 is 31.4 Å². The molecular formula is C33H29B2ClO7P. The molecule has 3 aromatic carbocycles. The fraction of sp³-hybridized carbons (Fsp3) is 0.273. The summed E-state index contributed by atoms with van der Waals surface area (Å²) in [5.74, 6) is 11.0. The van der Waals surface area contributed by atoms with Crippen LogP contribution in [0.2, 0.25) is 0 Å². The van der Waals surface area contributed by atoms with Gasteiger partial charge in [-0.15, -0.1) is 0 Å². The van der Waals surface area contributed by atoms with E-state index in [0.29, 0.717) is 17.9 Å². The lowest BCUT2D eigenvalue weighted by atomic mass is 9.51. The maximum absolute atomic E-state index is 13.2. The summed E-state index contributed by atoms with van der Waals surface area (Å²) in [6.45, 7) is 1.38. The van der Waals surface area contributed by atoms with E-state index in [1.54, 1.807) is 14.2 Å². The monoisotopic (exact) mass is 625 g/mol. The van der Waals surface area contributed by atoms with E-state index in [0.717, 1.165) is 16.7 Å². The molecule has 0 bridgehead atoms. The van der Waals surface area contributed by atoms with E-state index in [4.69, 9.17) is 47.3 Å². The van der Waals surface area contributed by atoms with Gasteiger partial charge in [0.2, 0.25) is 0 Å². The first-order chi connectivity index (χ1) is 21.3. The van der Waals surface area contributed by atoms with Crippen LogP contribution in [0.25, 0.3) is 0 Å². The highest BCUT2D eigenvalue weighted by atomic mass is 35.5. The summed E-state index contributed by atoms with van der Waals surface area (Å²) in [7, 11) is 6.86. The summed E-state index contributed by atoms with van der Waals surface area (Å²) in [4.78, 5) is 0. The minimum Gasteiger partial charge on any atom is -0.497 e. The molecule has 0 aromatic heterocycles. The van der Waals surface area contributed by atoms with Gasteiger partial charge in [-0.2, -0.15) is 0 Å². The lowest BCUT2D eigenvalue weighted by Crippen LogP contribution is -2.38. The molecule has 1 aliphatic rings. The molecule has 0 N–H and O–H groups in total. The van der Waals surface area contributed by atoms with Crippen LogP contribution in [0.3, 0.4) is 0 Å². The van der Waals surface area contributed by atoms with Crippen molar-refractivity contribution in [1.82, 2.24) is 0 Å². The first-order valence-electron chi connectivity index (χ1n) is 13.6. The van der Waals surface area contributed by atoms with Gasteiger partial charge in [0.05, 0.1) is 40.8 Å². The number of hydrogen-bond donors (Lipinski definition) is 0. The molecule has 11 heteroatoms. The maximum Gasteiger partial charge on any atom is 0.384 e. The van der Waals surface area contributed by atoms with Gasteiger partial charge in [-0.25, -0.2) is 4.57 Å². The zero-order valence-corrected chi connectivity index (χ0v) is 26.1. The van der Waals surface area contributed by atoms with Crippen molar-refractivity contribution in [2.45, 2.75) is 30.2 Å². The molecule has 0 spiro atoms. The summed E-state index contributed by atoms with van der Waals surface area (Å²) in [5.41, 5.74) is 1.51. The van der Waals surface area contributed by atoms with Crippen LogP contribution in [0.4, 0.5) is 0 Å². The Morgan fingerprint density at radius 2 is 1.48 bits per heavy atom. The predicted molar refractivity (Wildman–Crippen MR) is 172 cm³/mol. The number of ether oxygens (including phenoxy) is 4. The normalized spacial score (nSPS) is 18.6. The molecular weight excluding hydrogens is 596 g/mol. The highest BCUT2D eigenvalue weighted by Crippen LogP contribution is 2.48. The molecule has 221 valence electrons. The second-order valence-electron chi connectivity index (χ2n) is 9.66. The molecule has 4 rings (SSSR count). The Labute approximate surface area is 266 Å². The number of rotatable bonds is 12. The Kier molecular flexibility index (Phi) is 11.9. The Bertz CT molecular complexity index is 1570. The molecule has 44 heavy (non-hydrogen) atoms. The number of benzene rings is 3. The van der Waals surface area contributed by atoms with Crippen molar-refractivity contribution in [2.24, 2.45) is 0 Å². The summed E-state index contributed by atoms with van der Waals surface area (Å²) >= 11 is 5.25. The highest BCUT2D eigenvalue weighted by Gasteiger charge is 2.43. The van der Waals surface area contributed by atoms with Crippen molar-refractivity contribution in [3.05, 3.63) is 95.6 Å². The fourth-order valence-corrected chi connectivity index (χ4v) is 5.91. The first-order valence-corrected chi connectivity index (χ1v) is 16.0. The number of hydrogen-bond acceptors (Lipinski definition) is 7. The zero-order valence-electron chi connectivity index (χ0n) is 24.5. The standard InChI is InChI=1S/C33H29B2ClO7P/c1-38-28-17-13-26(14-18-28)33(25-11-7-6-8-12-25,27-15-19-29(39-2)20-16-27)40-24-31-30(23-32(35-34)42-31)43-44(3,37)41-22-10-5-4-9-21-36/h6-8,11-20,30-32H,23-24H2,1-3H3/t30?,31-,32-,44?/m1/s1. The average Bonchev–Trinajstić information content (AvgIpc) is 3.44. The van der Waals surface area contributed by atoms with E-state index in [2.05, 4.69) is 35.2 Å². The second kappa shape index (κ2) is 15.8. The van der Waals surface area contributed by atoms with Crippen LogP contribution in [0.15, 0.2) is 78.9 Å². The van der Waals surface area contributed by atoms with Crippen molar-refractivity contribution in [3.8, 4) is 46.7 Å². The van der Waals surface area contributed by atoms with E-state index >= 15 is 0 Å². The lowest BCUT2D eigenvalue weighted by molar-refractivity contribution is -0.0708. The molecule has 1 aliphatic heterocycles. The molecule has 0 amide bonds. The van der Waals surface area contributed by atoms with E-state index in [1.807, 2.05) is 78.9 Å². The summed E-state index contributed by atoms with van der Waals surface area (Å²) in [6, 6.07) is 24.8. The third kappa shape index (κ3) is 8.25. The van der Waals surface area contributed by atoms with Crippen LogP contribution in [-0.2, 0) is 28.7 Å². The van der Waals surface area contributed by atoms with Gasteiger partial charge in [0.15, 0.2) is 0 Å². The molecule has 1 saturated heterocycles. The average molecular weight is 626 g/mol. The molecule has 4 atom stereocenters. The van der Waals surface area contributed by atoms with Crippen LogP contribution >= 0.6 is 19.2 Å². The van der Waals surface area contributed by atoms with Crippen LogP contribution < -0.4 is 9.47 Å². The smallest absolute Gasteiger partial charge is 0.384 e. The molecule has 3 aromatic rings. The van der Waals surface area contributed by atoms with E-state index in [-0.39, 0.29) is 6.61 Å². The van der Waals surface area contributed by atoms with Crippen LogP contribution in [-0.4, -0.2) is 60.6 Å². The second-order valence-corrected chi connectivity index (χ2v) is 11.8. The van der Waals surface area contributed by atoms with Crippen molar-refractivity contribution in [2.75, 3.05) is 27.5 Å². The van der Waals surface area contributed by atoms with Gasteiger partial charge in [-0.05, 0) is 59.0 Å². The maximum atomic E-state index is 13.2. The quantitative estimate of drug-likeness (QED) is 0.117. The van der Waals surface area contributed by atoms with Crippen molar-refractivity contribution in [3.63, 3.8) is 0 Å². The van der Waals surface area contributed by atoms with E-state index in [9.17, 15) is 4.57 Å². The topological polar surface area (TPSA) is 72.5 Å². The number of methoxy groups -OCH3 is 2. The third-order valence-electron chi connectivity index (χ3n) is 6.91. The van der Waals surface area contributed by atoms with Gasteiger partial charge in [-0.3, -0.25) is 4.52 Å². The van der Waals surface area contributed by atoms with Crippen molar-refractivity contribution in [1.29, 1.82) is 0 Å². The minimum absolute atomic E-state index is 0.0518. The third-order valence-corrected chi connectivity index (χ3v) is 8.08. The molecule has 7 nitrogen and oxygen atoms in total. The number of halogens is 1. The summed E-state index contributed by atoms with van der Waals surface area (Å²) in [6.07, 6.45) is 1.31. The highest BCUT2D eigenvalue weighted by molar-refractivity contribution is 7.53. The van der Waals surface area contributed by atoms with Crippen LogP contribution in [0.1, 0.15) is 23.1 Å². The fourth-order valence-electron chi connectivity index (χ4n) is 4.90. The predicted octanol–water partition coefficient (Wildman–Crippen LogP) is 5.30. The van der Waals surface area contributed by atoms with E-state index in [1.165, 1.54) is 13.8 Å². The van der Waals surface area contributed by atoms with Gasteiger partial charge in [0.1, 0.15) is 29.3 Å². The summed E-state index contributed by atoms with van der Waals surface area (Å²) in [5, 5.41) is 2.11. The first kappa shape index (κ1) is 33.2. The zero-order chi connectivity index (χ0) is 31.4. The summed E-state index contributed by atoms with van der Waals surface area (Å²) < 4.78 is 48.3. The van der Waals surface area contributed by atoms with Gasteiger partial charge in [0, 0.05) is 42.8 Å². The van der Waals surface area contributed by atoms with Crippen LogP contribution in [0, 0.1) is 35.2 Å². The molecule has 0 saturated carbocycles. The molecule has 0 aliphatic carbocycles. The molecule has 2 unspecified atom stereocenters. The Hall–Kier alpha value is -3.73. The Morgan fingerprint density at radius 3 is 2.02 bits per heavy atom. The van der Waals surface area contributed by atoms with Crippen LogP contribution in [0.5, 0.6) is 11.5 Å². The van der Waals surface area contributed by atoms with Crippen molar-refractivity contribution < 1.29 is 32.6 Å². The van der Waals surface area contributed by atoms with Crippen molar-refractivity contribution >= 4 is 34.1 Å². The Balaban J connectivity index is 1.69. The largest absolute Gasteiger partial charge is 0.497 e. The lowest BCUT2D eigenvalue weighted by Gasteiger charge is -2.37. The van der Waals surface area contributed by atoms with Gasteiger partial charge in [0.25, 0.3) is 0 Å². The molecule has 3 radical (unpaired) electrons. The SMILES string of the molecule is [B][B][C@H]1CC(OP(C)(=O)OC#CC#CC#CCl)[C@@H](COC(c2ccccc2)(c2ccc(OC)cc2)c2ccc(OC)cc2)O1. The molecule has 1 heterocycles. The minimum atomic E-state index is -3.65.